The predicted octanol–water partition coefficient (Wildman–Crippen LogP) is 3.44. The molecule has 0 unspecified atom stereocenters. The number of pyridine rings is 1. The van der Waals surface area contributed by atoms with Crippen molar-refractivity contribution < 1.29 is 13.2 Å². The first-order valence-electron chi connectivity index (χ1n) is 4.67. The van der Waals surface area contributed by atoms with Crippen LogP contribution in [0.2, 0.25) is 5.02 Å². The van der Waals surface area contributed by atoms with Crippen LogP contribution in [-0.2, 0) is 6.18 Å². The lowest BCUT2D eigenvalue weighted by Crippen LogP contribution is -2.22. The summed E-state index contributed by atoms with van der Waals surface area (Å²) in [5.41, 5.74) is -1.65. The Bertz CT molecular complexity index is 696. The van der Waals surface area contributed by atoms with Crippen molar-refractivity contribution in [3.8, 4) is 0 Å². The van der Waals surface area contributed by atoms with E-state index < -0.39 is 21.9 Å². The SMILES string of the molecule is Cc1cc2nc(C(F)(F)F)c(Br)c(=O)n2cc1Cl. The Balaban J connectivity index is 2.93. The smallest absolute Gasteiger partial charge is 0.268 e. The molecule has 0 bridgehead atoms. The highest BCUT2D eigenvalue weighted by molar-refractivity contribution is 9.10. The maximum absolute atomic E-state index is 12.7. The molecule has 0 saturated carbocycles. The first kappa shape index (κ1) is 13.4. The molecule has 0 N–H and O–H groups in total. The Kier molecular flexibility index (Phi) is 3.14. The summed E-state index contributed by atoms with van der Waals surface area (Å²) < 4.78 is 38.3. The van der Waals surface area contributed by atoms with Crippen LogP contribution in [0.15, 0.2) is 21.5 Å². The molecule has 0 aliphatic heterocycles. The molecule has 0 amide bonds. The number of nitrogens with zero attached hydrogens (tertiary/aromatic N) is 2. The molecular weight excluding hydrogens is 336 g/mol. The minimum atomic E-state index is -4.69. The highest BCUT2D eigenvalue weighted by Crippen LogP contribution is 2.32. The van der Waals surface area contributed by atoms with Crippen molar-refractivity contribution in [1.29, 1.82) is 0 Å². The van der Waals surface area contributed by atoms with Crippen molar-refractivity contribution in [2.45, 2.75) is 13.1 Å². The van der Waals surface area contributed by atoms with Crippen molar-refractivity contribution in [3.63, 3.8) is 0 Å². The summed E-state index contributed by atoms with van der Waals surface area (Å²) in [5, 5.41) is 0.276. The van der Waals surface area contributed by atoms with E-state index in [1.54, 1.807) is 6.92 Å². The quantitative estimate of drug-likeness (QED) is 0.736. The lowest BCUT2D eigenvalue weighted by molar-refractivity contribution is -0.141. The number of halogens is 5. The zero-order chi connectivity index (χ0) is 13.7. The van der Waals surface area contributed by atoms with Gasteiger partial charge in [-0.2, -0.15) is 13.2 Å². The molecule has 0 aliphatic carbocycles. The third kappa shape index (κ3) is 2.12. The fraction of sp³-hybridized carbons (Fsp3) is 0.200. The molecule has 2 aromatic rings. The predicted molar refractivity (Wildman–Crippen MR) is 63.9 cm³/mol. The topological polar surface area (TPSA) is 34.4 Å². The first-order chi connectivity index (χ1) is 8.21. The number of alkyl halides is 3. The molecule has 3 nitrogen and oxygen atoms in total. The summed E-state index contributed by atoms with van der Waals surface area (Å²) in [4.78, 5) is 15.2. The van der Waals surface area contributed by atoms with Gasteiger partial charge in [-0.1, -0.05) is 11.6 Å². The number of aryl methyl sites for hydroxylation is 1. The number of hydrogen-bond donors (Lipinski definition) is 0. The minimum absolute atomic E-state index is 0.0996. The van der Waals surface area contributed by atoms with Gasteiger partial charge in [0.05, 0.1) is 5.02 Å². The summed E-state index contributed by atoms with van der Waals surface area (Å²) >= 11 is 8.44. The third-order valence-electron chi connectivity index (χ3n) is 2.32. The minimum Gasteiger partial charge on any atom is -0.268 e. The molecule has 0 fully saturated rings. The number of hydrogen-bond acceptors (Lipinski definition) is 2. The Morgan fingerprint density at radius 1 is 1.44 bits per heavy atom. The Morgan fingerprint density at radius 3 is 2.61 bits per heavy atom. The van der Waals surface area contributed by atoms with Gasteiger partial charge < -0.3 is 0 Å². The molecule has 0 aliphatic rings. The van der Waals surface area contributed by atoms with Crippen LogP contribution < -0.4 is 5.56 Å². The second-order valence-corrected chi connectivity index (χ2v) is 4.81. The molecule has 2 rings (SSSR count). The van der Waals surface area contributed by atoms with Crippen LogP contribution in [0, 0.1) is 6.92 Å². The van der Waals surface area contributed by atoms with Crippen LogP contribution in [-0.4, -0.2) is 9.38 Å². The molecular formula is C10H5BrClF3N2O. The van der Waals surface area contributed by atoms with Gasteiger partial charge in [0, 0.05) is 6.20 Å². The van der Waals surface area contributed by atoms with E-state index in [1.807, 2.05) is 0 Å². The van der Waals surface area contributed by atoms with Crippen LogP contribution in [0.5, 0.6) is 0 Å². The Morgan fingerprint density at radius 2 is 2.06 bits per heavy atom. The molecule has 0 aromatic carbocycles. The van der Waals surface area contributed by atoms with Crippen molar-refractivity contribution in [3.05, 3.63) is 43.4 Å². The van der Waals surface area contributed by atoms with Crippen LogP contribution in [0.25, 0.3) is 5.65 Å². The molecule has 18 heavy (non-hydrogen) atoms. The molecule has 8 heteroatoms. The average molecular weight is 342 g/mol. The largest absolute Gasteiger partial charge is 0.434 e. The zero-order valence-electron chi connectivity index (χ0n) is 8.85. The highest BCUT2D eigenvalue weighted by Gasteiger charge is 2.36. The van der Waals surface area contributed by atoms with Crippen molar-refractivity contribution >= 4 is 33.2 Å². The van der Waals surface area contributed by atoms with E-state index in [2.05, 4.69) is 20.9 Å². The molecule has 2 aromatic heterocycles. The van der Waals surface area contributed by atoms with Crippen molar-refractivity contribution in [1.82, 2.24) is 9.38 Å². The number of rotatable bonds is 0. The van der Waals surface area contributed by atoms with Crippen molar-refractivity contribution in [2.24, 2.45) is 0 Å². The summed E-state index contributed by atoms with van der Waals surface area (Å²) in [6.45, 7) is 1.61. The molecule has 0 spiro atoms. The normalized spacial score (nSPS) is 12.1. The van der Waals surface area contributed by atoms with Crippen LogP contribution >= 0.6 is 27.5 Å². The molecule has 2 heterocycles. The third-order valence-corrected chi connectivity index (χ3v) is 3.43. The van der Waals surface area contributed by atoms with Gasteiger partial charge in [-0.05, 0) is 34.5 Å². The molecule has 96 valence electrons. The van der Waals surface area contributed by atoms with Crippen LogP contribution in [0.3, 0.4) is 0 Å². The summed E-state index contributed by atoms with van der Waals surface area (Å²) in [6.07, 6.45) is -3.45. The maximum atomic E-state index is 12.7. The summed E-state index contributed by atoms with van der Waals surface area (Å²) in [5.74, 6) is 0. The maximum Gasteiger partial charge on any atom is 0.434 e. The Labute approximate surface area is 112 Å². The zero-order valence-corrected chi connectivity index (χ0v) is 11.2. The molecule has 0 radical (unpaired) electrons. The summed E-state index contributed by atoms with van der Waals surface area (Å²) in [7, 11) is 0. The van der Waals surface area contributed by atoms with Gasteiger partial charge in [-0.15, -0.1) is 0 Å². The van der Waals surface area contributed by atoms with Crippen molar-refractivity contribution in [2.75, 3.05) is 0 Å². The summed E-state index contributed by atoms with van der Waals surface area (Å²) in [6, 6.07) is 1.32. The van der Waals surface area contributed by atoms with E-state index in [4.69, 9.17) is 11.6 Å². The van der Waals surface area contributed by atoms with E-state index >= 15 is 0 Å². The lowest BCUT2D eigenvalue weighted by Gasteiger charge is -2.10. The van der Waals surface area contributed by atoms with E-state index in [1.165, 1.54) is 12.3 Å². The molecule has 0 atom stereocenters. The van der Waals surface area contributed by atoms with E-state index in [9.17, 15) is 18.0 Å². The first-order valence-corrected chi connectivity index (χ1v) is 5.84. The Hall–Kier alpha value is -1.08. The van der Waals surface area contributed by atoms with Crippen LogP contribution in [0.1, 0.15) is 11.3 Å². The van der Waals surface area contributed by atoms with Gasteiger partial charge in [0.2, 0.25) is 0 Å². The van der Waals surface area contributed by atoms with E-state index in [-0.39, 0.29) is 10.7 Å². The standard InChI is InChI=1S/C10H5BrClF3N2O/c1-4-2-6-16-8(10(13,14)15)7(11)9(18)17(6)3-5(4)12/h2-3H,1H3. The fourth-order valence-corrected chi connectivity index (χ4v) is 2.08. The average Bonchev–Trinajstić information content (AvgIpc) is 2.25. The van der Waals surface area contributed by atoms with Gasteiger partial charge in [0.25, 0.3) is 5.56 Å². The van der Waals surface area contributed by atoms with Gasteiger partial charge in [-0.3, -0.25) is 9.20 Å². The second kappa shape index (κ2) is 4.24. The van der Waals surface area contributed by atoms with Gasteiger partial charge in [0.15, 0.2) is 5.69 Å². The highest BCUT2D eigenvalue weighted by atomic mass is 79.9. The monoisotopic (exact) mass is 340 g/mol. The van der Waals surface area contributed by atoms with E-state index in [0.29, 0.717) is 5.56 Å². The van der Waals surface area contributed by atoms with Gasteiger partial charge in [0.1, 0.15) is 10.1 Å². The molecule has 0 saturated heterocycles. The van der Waals surface area contributed by atoms with Gasteiger partial charge in [-0.25, -0.2) is 4.98 Å². The van der Waals surface area contributed by atoms with E-state index in [0.717, 1.165) is 4.40 Å². The van der Waals surface area contributed by atoms with Gasteiger partial charge >= 0.3 is 6.18 Å². The lowest BCUT2D eigenvalue weighted by atomic mass is 10.3. The number of aromatic nitrogens is 2. The number of fused-ring (bicyclic) bond motifs is 1. The fourth-order valence-electron chi connectivity index (χ4n) is 1.42. The van der Waals surface area contributed by atoms with Crippen LogP contribution in [0.4, 0.5) is 13.2 Å². The second-order valence-electron chi connectivity index (χ2n) is 3.61.